The van der Waals surface area contributed by atoms with Gasteiger partial charge in [-0.2, -0.15) is 0 Å². The van der Waals surface area contributed by atoms with Gasteiger partial charge in [-0.05, 0) is 31.8 Å². The summed E-state index contributed by atoms with van der Waals surface area (Å²) in [5.74, 6) is 0. The Kier molecular flexibility index (Phi) is 3.69. The summed E-state index contributed by atoms with van der Waals surface area (Å²) in [6.45, 7) is 0. The molecule has 0 atom stereocenters. The third kappa shape index (κ3) is 3.29. The van der Waals surface area contributed by atoms with Gasteiger partial charge >= 0.3 is 0 Å². The highest BCUT2D eigenvalue weighted by atomic mass is 13.9. The van der Waals surface area contributed by atoms with Gasteiger partial charge in [0.15, 0.2) is 0 Å². The van der Waals surface area contributed by atoms with Crippen molar-refractivity contribution in [3.8, 4) is 0 Å². The second-order valence-electron chi connectivity index (χ2n) is 2.45. The lowest BCUT2D eigenvalue weighted by atomic mass is 10.1. The largest absolute Gasteiger partial charge is 0.0845 e. The molecule has 0 saturated carbocycles. The Morgan fingerprint density at radius 3 is 2.70 bits per heavy atom. The minimum Gasteiger partial charge on any atom is -0.0845 e. The quantitative estimate of drug-likeness (QED) is 0.476. The highest BCUT2D eigenvalue weighted by Crippen LogP contribution is 2.02. The van der Waals surface area contributed by atoms with E-state index >= 15 is 0 Å². The first-order chi connectivity index (χ1) is 5.00. The molecule has 0 saturated heterocycles. The SMILES string of the molecule is [C]1=C\C=C/CCCC\C=C/1. The van der Waals surface area contributed by atoms with Crippen LogP contribution in [0.2, 0.25) is 0 Å². The van der Waals surface area contributed by atoms with Gasteiger partial charge in [0.05, 0.1) is 0 Å². The van der Waals surface area contributed by atoms with Crippen molar-refractivity contribution in [3.05, 3.63) is 36.5 Å². The predicted octanol–water partition coefficient (Wildman–Crippen LogP) is 3.03. The van der Waals surface area contributed by atoms with E-state index < -0.39 is 0 Å². The first-order valence-corrected chi connectivity index (χ1v) is 3.89. The van der Waals surface area contributed by atoms with Crippen LogP contribution in [0.15, 0.2) is 30.4 Å². The van der Waals surface area contributed by atoms with Crippen LogP contribution in [-0.4, -0.2) is 0 Å². The van der Waals surface area contributed by atoms with Crippen LogP contribution in [-0.2, 0) is 0 Å². The van der Waals surface area contributed by atoms with Crippen LogP contribution >= 0.6 is 0 Å². The van der Waals surface area contributed by atoms with Crippen molar-refractivity contribution in [2.75, 3.05) is 0 Å². The summed E-state index contributed by atoms with van der Waals surface area (Å²) in [5, 5.41) is 0. The second kappa shape index (κ2) is 5.04. The van der Waals surface area contributed by atoms with Gasteiger partial charge in [0.1, 0.15) is 0 Å². The summed E-state index contributed by atoms with van der Waals surface area (Å²) >= 11 is 0. The molecule has 0 fully saturated rings. The smallest absolute Gasteiger partial charge is 0.0187 e. The highest BCUT2D eigenvalue weighted by molar-refractivity contribution is 5.06. The maximum atomic E-state index is 3.06. The third-order valence-corrected chi connectivity index (χ3v) is 1.53. The van der Waals surface area contributed by atoms with Crippen LogP contribution in [0.1, 0.15) is 25.7 Å². The van der Waals surface area contributed by atoms with Crippen molar-refractivity contribution in [1.29, 1.82) is 0 Å². The Morgan fingerprint density at radius 1 is 1.00 bits per heavy atom. The predicted molar refractivity (Wildman–Crippen MR) is 44.6 cm³/mol. The zero-order valence-electron chi connectivity index (χ0n) is 6.22. The molecule has 0 nitrogen and oxygen atoms in total. The number of rotatable bonds is 0. The van der Waals surface area contributed by atoms with E-state index in [1.165, 1.54) is 25.7 Å². The Balaban J connectivity index is 2.40. The Hall–Kier alpha value is -0.780. The van der Waals surface area contributed by atoms with E-state index in [0.29, 0.717) is 0 Å². The molecule has 0 heterocycles. The molecule has 0 aliphatic heterocycles. The van der Waals surface area contributed by atoms with E-state index in [4.69, 9.17) is 0 Å². The molecular weight excluding hydrogens is 120 g/mol. The van der Waals surface area contributed by atoms with Gasteiger partial charge in [-0.3, -0.25) is 0 Å². The molecule has 1 rings (SSSR count). The molecule has 0 amide bonds. The molecule has 0 aromatic carbocycles. The fraction of sp³-hybridized carbons (Fsp3) is 0.400. The first kappa shape index (κ1) is 7.33. The minimum atomic E-state index is 1.20. The Bertz CT molecular complexity index is 131. The third-order valence-electron chi connectivity index (χ3n) is 1.53. The summed E-state index contributed by atoms with van der Waals surface area (Å²) in [6, 6.07) is 0. The maximum absolute atomic E-state index is 3.06. The van der Waals surface area contributed by atoms with E-state index in [-0.39, 0.29) is 0 Å². The molecule has 0 aromatic rings. The zero-order valence-corrected chi connectivity index (χ0v) is 6.22. The molecule has 0 heteroatoms. The fourth-order valence-electron chi connectivity index (χ4n) is 0.951. The summed E-state index contributed by atoms with van der Waals surface area (Å²) in [4.78, 5) is 0. The molecule has 0 unspecified atom stereocenters. The molecule has 10 heavy (non-hydrogen) atoms. The molecule has 1 aliphatic rings. The normalized spacial score (nSPS) is 28.8. The second-order valence-corrected chi connectivity index (χ2v) is 2.45. The van der Waals surface area contributed by atoms with Gasteiger partial charge in [0.25, 0.3) is 0 Å². The van der Waals surface area contributed by atoms with Crippen molar-refractivity contribution in [2.24, 2.45) is 0 Å². The molecule has 0 spiro atoms. The van der Waals surface area contributed by atoms with Gasteiger partial charge in [0.2, 0.25) is 0 Å². The van der Waals surface area contributed by atoms with Gasteiger partial charge in [-0.15, -0.1) is 0 Å². The highest BCUT2D eigenvalue weighted by Gasteiger charge is 1.83. The van der Waals surface area contributed by atoms with Crippen molar-refractivity contribution in [1.82, 2.24) is 0 Å². The van der Waals surface area contributed by atoms with Crippen molar-refractivity contribution < 1.29 is 0 Å². The van der Waals surface area contributed by atoms with Crippen LogP contribution in [0, 0.1) is 6.08 Å². The van der Waals surface area contributed by atoms with E-state index in [9.17, 15) is 0 Å². The zero-order chi connectivity index (χ0) is 7.07. The van der Waals surface area contributed by atoms with E-state index in [2.05, 4.69) is 24.3 Å². The molecule has 0 bridgehead atoms. The van der Waals surface area contributed by atoms with Crippen LogP contribution in [0.4, 0.5) is 0 Å². The number of hydrogen-bond acceptors (Lipinski definition) is 0. The Labute approximate surface area is 62.9 Å². The Morgan fingerprint density at radius 2 is 1.80 bits per heavy atom. The molecule has 1 aliphatic carbocycles. The van der Waals surface area contributed by atoms with Crippen LogP contribution < -0.4 is 0 Å². The van der Waals surface area contributed by atoms with E-state index in [0.717, 1.165) is 0 Å². The summed E-state index contributed by atoms with van der Waals surface area (Å²) in [6.07, 6.45) is 18.5. The summed E-state index contributed by atoms with van der Waals surface area (Å²) in [7, 11) is 0. The van der Waals surface area contributed by atoms with Crippen molar-refractivity contribution in [3.63, 3.8) is 0 Å². The average Bonchev–Trinajstić information content (AvgIpc) is 2.01. The van der Waals surface area contributed by atoms with Crippen LogP contribution in [0.5, 0.6) is 0 Å². The molecule has 53 valence electrons. The lowest BCUT2D eigenvalue weighted by Crippen LogP contribution is -1.73. The number of allylic oxidation sites excluding steroid dienone is 6. The van der Waals surface area contributed by atoms with E-state index in [1.54, 1.807) is 0 Å². The molecular formula is C10H13. The fourth-order valence-corrected chi connectivity index (χ4v) is 0.951. The summed E-state index contributed by atoms with van der Waals surface area (Å²) < 4.78 is 0. The van der Waals surface area contributed by atoms with Gasteiger partial charge in [-0.1, -0.05) is 30.4 Å². The number of hydrogen-bond donors (Lipinski definition) is 0. The lowest BCUT2D eigenvalue weighted by molar-refractivity contribution is 0.761. The monoisotopic (exact) mass is 133 g/mol. The van der Waals surface area contributed by atoms with Crippen molar-refractivity contribution in [2.45, 2.75) is 25.7 Å². The van der Waals surface area contributed by atoms with Crippen molar-refractivity contribution >= 4 is 0 Å². The molecule has 1 radical (unpaired) electrons. The standard InChI is InChI=1S/C10H13/c1-2-4-6-8-10-9-7-5-3-1/h1-3,7,9H,4,6,8,10H2/b2-1-,5-3?,9-7-. The van der Waals surface area contributed by atoms with Crippen LogP contribution in [0.25, 0.3) is 0 Å². The average molecular weight is 133 g/mol. The maximum Gasteiger partial charge on any atom is -0.0187 e. The topological polar surface area (TPSA) is 0 Å². The molecule has 0 aromatic heterocycles. The molecule has 0 N–H and O–H groups in total. The van der Waals surface area contributed by atoms with Crippen LogP contribution in [0.3, 0.4) is 0 Å². The van der Waals surface area contributed by atoms with Gasteiger partial charge in [0, 0.05) is 0 Å². The first-order valence-electron chi connectivity index (χ1n) is 3.89. The lowest BCUT2D eigenvalue weighted by Gasteiger charge is -1.92. The van der Waals surface area contributed by atoms with E-state index in [1.807, 2.05) is 12.2 Å². The summed E-state index contributed by atoms with van der Waals surface area (Å²) in [5.41, 5.74) is 0. The minimum absolute atomic E-state index is 1.20. The van der Waals surface area contributed by atoms with Gasteiger partial charge in [-0.25, -0.2) is 0 Å². The van der Waals surface area contributed by atoms with Gasteiger partial charge < -0.3 is 0 Å².